The molecule has 15 heavy (non-hydrogen) atoms. The predicted octanol–water partition coefficient (Wildman–Crippen LogP) is -0.504. The van der Waals surface area contributed by atoms with Crippen molar-refractivity contribution in [2.24, 2.45) is 0 Å². The van der Waals surface area contributed by atoms with Crippen molar-refractivity contribution in [1.29, 1.82) is 0 Å². The second-order valence-corrected chi connectivity index (χ2v) is 3.77. The number of rotatable bonds is 5. The Bertz CT molecular complexity index is 243. The van der Waals surface area contributed by atoms with Crippen molar-refractivity contribution < 1.29 is 14.7 Å². The van der Waals surface area contributed by atoms with E-state index in [1.807, 2.05) is 0 Å². The van der Waals surface area contributed by atoms with Crippen LogP contribution >= 0.6 is 0 Å². The quantitative estimate of drug-likeness (QED) is 0.478. The second-order valence-electron chi connectivity index (χ2n) is 3.77. The van der Waals surface area contributed by atoms with Crippen molar-refractivity contribution in [2.75, 3.05) is 20.2 Å². The van der Waals surface area contributed by atoms with E-state index in [0.29, 0.717) is 19.4 Å². The van der Waals surface area contributed by atoms with Crippen LogP contribution in [-0.2, 0) is 9.59 Å². The Morgan fingerprint density at radius 1 is 1.47 bits per heavy atom. The highest BCUT2D eigenvalue weighted by atomic mass is 16.3. The zero-order valence-electron chi connectivity index (χ0n) is 9.03. The first-order valence-corrected chi connectivity index (χ1v) is 5.31. The molecule has 1 rings (SSSR count). The highest BCUT2D eigenvalue weighted by Crippen LogP contribution is 2.11. The molecule has 5 heteroatoms. The molecule has 0 saturated carbocycles. The molecule has 1 atom stereocenters. The van der Waals surface area contributed by atoms with Crippen molar-refractivity contribution in [3.8, 4) is 0 Å². The molecule has 1 saturated heterocycles. The number of carbonyl (C=O) groups excluding carboxylic acids is 2. The van der Waals surface area contributed by atoms with Gasteiger partial charge >= 0.3 is 0 Å². The molecular weight excluding hydrogens is 196 g/mol. The van der Waals surface area contributed by atoms with Crippen LogP contribution in [0.25, 0.3) is 0 Å². The molecule has 2 N–H and O–H groups in total. The summed E-state index contributed by atoms with van der Waals surface area (Å²) in [5.41, 5.74) is 0. The van der Waals surface area contributed by atoms with Gasteiger partial charge in [-0.25, -0.2) is 0 Å². The van der Waals surface area contributed by atoms with E-state index in [4.69, 9.17) is 5.11 Å². The lowest BCUT2D eigenvalue weighted by Gasteiger charge is -2.28. The number of aliphatic hydroxyl groups is 1. The fourth-order valence-electron chi connectivity index (χ4n) is 1.62. The lowest BCUT2D eigenvalue weighted by atomic mass is 10.0. The lowest BCUT2D eigenvalue weighted by molar-refractivity contribution is -0.148. The SMILES string of the molecule is CN1C(=O)CCC(NCCCCO)C1=O. The van der Waals surface area contributed by atoms with E-state index in [9.17, 15) is 9.59 Å². The Morgan fingerprint density at radius 2 is 2.20 bits per heavy atom. The molecule has 0 radical (unpaired) electrons. The highest BCUT2D eigenvalue weighted by molar-refractivity contribution is 6.00. The predicted molar refractivity (Wildman–Crippen MR) is 55.1 cm³/mol. The second kappa shape index (κ2) is 5.82. The third-order valence-corrected chi connectivity index (χ3v) is 2.63. The van der Waals surface area contributed by atoms with Crippen LogP contribution < -0.4 is 5.32 Å². The first-order chi connectivity index (χ1) is 7.16. The van der Waals surface area contributed by atoms with E-state index in [2.05, 4.69) is 5.32 Å². The topological polar surface area (TPSA) is 69.6 Å². The number of nitrogens with zero attached hydrogens (tertiary/aromatic N) is 1. The summed E-state index contributed by atoms with van der Waals surface area (Å²) in [6.45, 7) is 0.887. The highest BCUT2D eigenvalue weighted by Gasteiger charge is 2.30. The number of piperidine rings is 1. The van der Waals surface area contributed by atoms with Gasteiger partial charge < -0.3 is 10.4 Å². The molecule has 1 aliphatic heterocycles. The van der Waals surface area contributed by atoms with Crippen LogP contribution in [0.15, 0.2) is 0 Å². The van der Waals surface area contributed by atoms with Crippen LogP contribution in [0.4, 0.5) is 0 Å². The first-order valence-electron chi connectivity index (χ1n) is 5.31. The van der Waals surface area contributed by atoms with E-state index < -0.39 is 0 Å². The Morgan fingerprint density at radius 3 is 2.87 bits per heavy atom. The fraction of sp³-hybridized carbons (Fsp3) is 0.800. The summed E-state index contributed by atoms with van der Waals surface area (Å²) in [4.78, 5) is 24.0. The number of aliphatic hydroxyl groups excluding tert-OH is 1. The Labute approximate surface area is 89.4 Å². The van der Waals surface area contributed by atoms with Gasteiger partial charge in [-0.2, -0.15) is 0 Å². The molecule has 0 bridgehead atoms. The van der Waals surface area contributed by atoms with E-state index in [-0.39, 0.29) is 24.5 Å². The van der Waals surface area contributed by atoms with E-state index >= 15 is 0 Å². The number of hydrogen-bond acceptors (Lipinski definition) is 4. The van der Waals surface area contributed by atoms with E-state index in [1.54, 1.807) is 0 Å². The number of likely N-dealkylation sites (tertiary alicyclic amines) is 1. The molecule has 0 aromatic heterocycles. The molecule has 0 aromatic rings. The number of carbonyl (C=O) groups is 2. The Hall–Kier alpha value is -0.940. The molecule has 1 aliphatic rings. The maximum absolute atomic E-state index is 11.6. The number of nitrogens with one attached hydrogen (secondary N) is 1. The summed E-state index contributed by atoms with van der Waals surface area (Å²) >= 11 is 0. The summed E-state index contributed by atoms with van der Waals surface area (Å²) in [5.74, 6) is -0.247. The number of likely N-dealkylation sites (N-methyl/N-ethyl adjacent to an activating group) is 1. The molecule has 1 fully saturated rings. The minimum Gasteiger partial charge on any atom is -0.396 e. The first kappa shape index (κ1) is 12.1. The molecule has 86 valence electrons. The third-order valence-electron chi connectivity index (χ3n) is 2.63. The van der Waals surface area contributed by atoms with Gasteiger partial charge in [0.2, 0.25) is 11.8 Å². The normalized spacial score (nSPS) is 22.3. The summed E-state index contributed by atoms with van der Waals surface area (Å²) in [7, 11) is 1.52. The van der Waals surface area contributed by atoms with Crippen molar-refractivity contribution in [2.45, 2.75) is 31.7 Å². The van der Waals surface area contributed by atoms with Gasteiger partial charge in [-0.05, 0) is 25.8 Å². The van der Waals surface area contributed by atoms with Crippen LogP contribution in [0.5, 0.6) is 0 Å². The largest absolute Gasteiger partial charge is 0.396 e. The molecule has 0 spiro atoms. The Kier molecular flexibility index (Phi) is 4.71. The average molecular weight is 214 g/mol. The third kappa shape index (κ3) is 3.28. The van der Waals surface area contributed by atoms with Gasteiger partial charge in [0.05, 0.1) is 6.04 Å². The minimum atomic E-state index is -0.230. The maximum atomic E-state index is 11.6. The average Bonchev–Trinajstić information content (AvgIpc) is 2.24. The van der Waals surface area contributed by atoms with Gasteiger partial charge in [-0.3, -0.25) is 14.5 Å². The smallest absolute Gasteiger partial charge is 0.246 e. The molecule has 1 unspecified atom stereocenters. The number of unbranched alkanes of at least 4 members (excludes halogenated alkanes) is 1. The molecule has 5 nitrogen and oxygen atoms in total. The summed E-state index contributed by atoms with van der Waals surface area (Å²) in [6, 6.07) is -0.230. The number of amides is 2. The van der Waals surface area contributed by atoms with Gasteiger partial charge in [-0.1, -0.05) is 0 Å². The minimum absolute atomic E-state index is 0.103. The van der Waals surface area contributed by atoms with Crippen molar-refractivity contribution in [1.82, 2.24) is 10.2 Å². The maximum Gasteiger partial charge on any atom is 0.246 e. The van der Waals surface area contributed by atoms with E-state index in [1.165, 1.54) is 11.9 Å². The summed E-state index contributed by atoms with van der Waals surface area (Å²) < 4.78 is 0. The number of imide groups is 1. The number of hydrogen-bond donors (Lipinski definition) is 2. The Balaban J connectivity index is 2.30. The standard InChI is InChI=1S/C10H18N2O3/c1-12-9(14)5-4-8(10(12)15)11-6-2-3-7-13/h8,11,13H,2-7H2,1H3. The zero-order chi connectivity index (χ0) is 11.3. The van der Waals surface area contributed by atoms with Crippen molar-refractivity contribution >= 4 is 11.8 Å². The van der Waals surface area contributed by atoms with Crippen LogP contribution in [-0.4, -0.2) is 48.1 Å². The van der Waals surface area contributed by atoms with E-state index in [0.717, 1.165) is 12.8 Å². The molecule has 0 aliphatic carbocycles. The van der Waals surface area contributed by atoms with Gasteiger partial charge in [0, 0.05) is 20.1 Å². The summed E-state index contributed by atoms with van der Waals surface area (Å²) in [6.07, 6.45) is 2.60. The van der Waals surface area contributed by atoms with Crippen LogP contribution in [0.3, 0.4) is 0 Å². The van der Waals surface area contributed by atoms with Gasteiger partial charge in [0.1, 0.15) is 0 Å². The van der Waals surface area contributed by atoms with Crippen LogP contribution in [0.1, 0.15) is 25.7 Å². The molecule has 0 aromatic carbocycles. The summed E-state index contributed by atoms with van der Waals surface area (Å²) in [5, 5.41) is 11.7. The van der Waals surface area contributed by atoms with Crippen LogP contribution in [0, 0.1) is 0 Å². The fourth-order valence-corrected chi connectivity index (χ4v) is 1.62. The zero-order valence-corrected chi connectivity index (χ0v) is 9.03. The van der Waals surface area contributed by atoms with Crippen molar-refractivity contribution in [3.05, 3.63) is 0 Å². The van der Waals surface area contributed by atoms with Crippen LogP contribution in [0.2, 0.25) is 0 Å². The molecular formula is C10H18N2O3. The van der Waals surface area contributed by atoms with Crippen molar-refractivity contribution in [3.63, 3.8) is 0 Å². The molecule has 1 heterocycles. The van der Waals surface area contributed by atoms with Gasteiger partial charge in [0.25, 0.3) is 0 Å². The monoisotopic (exact) mass is 214 g/mol. The van der Waals surface area contributed by atoms with Gasteiger partial charge in [0.15, 0.2) is 0 Å². The molecule has 2 amide bonds. The van der Waals surface area contributed by atoms with Gasteiger partial charge in [-0.15, -0.1) is 0 Å². The lowest BCUT2D eigenvalue weighted by Crippen LogP contribution is -2.51.